The molecule has 70 valence electrons. The molecule has 0 spiro atoms. The molecule has 1 atom stereocenters. The van der Waals surface area contributed by atoms with Gasteiger partial charge in [0.2, 0.25) is 0 Å². The number of rotatable bonds is 2. The third-order valence-electron chi connectivity index (χ3n) is 1.89. The lowest BCUT2D eigenvalue weighted by atomic mass is 10.3. The van der Waals surface area contributed by atoms with Crippen molar-refractivity contribution in [2.45, 2.75) is 12.5 Å². The number of hydrogen-bond donors (Lipinski definition) is 1. The molecular weight excluding hydrogens is 190 g/mol. The molecule has 1 aromatic rings. The summed E-state index contributed by atoms with van der Waals surface area (Å²) in [6.07, 6.45) is 2.77. The zero-order valence-corrected chi connectivity index (χ0v) is 7.79. The lowest BCUT2D eigenvalue weighted by Gasteiger charge is -2.09. The first kappa shape index (κ1) is 8.72. The molecule has 5 heteroatoms. The number of aromatic nitrogens is 2. The molecule has 1 fully saturated rings. The van der Waals surface area contributed by atoms with Crippen molar-refractivity contribution in [2.75, 3.05) is 13.1 Å². The average Bonchev–Trinajstić information content (AvgIpc) is 2.57. The summed E-state index contributed by atoms with van der Waals surface area (Å²) >= 11 is 5.68. The van der Waals surface area contributed by atoms with Crippen molar-refractivity contribution in [3.63, 3.8) is 0 Å². The van der Waals surface area contributed by atoms with Crippen molar-refractivity contribution in [3.8, 4) is 6.01 Å². The summed E-state index contributed by atoms with van der Waals surface area (Å²) in [6.45, 7) is 1.85. The van der Waals surface area contributed by atoms with Gasteiger partial charge < -0.3 is 10.1 Å². The van der Waals surface area contributed by atoms with Crippen molar-refractivity contribution >= 4 is 11.6 Å². The summed E-state index contributed by atoms with van der Waals surface area (Å²) in [6, 6.07) is 1.99. The van der Waals surface area contributed by atoms with Crippen LogP contribution in [0.15, 0.2) is 12.3 Å². The van der Waals surface area contributed by atoms with E-state index in [-0.39, 0.29) is 6.10 Å². The van der Waals surface area contributed by atoms with E-state index in [9.17, 15) is 0 Å². The summed E-state index contributed by atoms with van der Waals surface area (Å²) in [4.78, 5) is 7.90. The molecule has 0 radical (unpaired) electrons. The molecule has 1 aliphatic heterocycles. The summed E-state index contributed by atoms with van der Waals surface area (Å²) in [5.41, 5.74) is 0. The number of hydrogen-bond acceptors (Lipinski definition) is 4. The van der Waals surface area contributed by atoms with Crippen LogP contribution in [0.2, 0.25) is 5.15 Å². The van der Waals surface area contributed by atoms with Gasteiger partial charge in [-0.3, -0.25) is 0 Å². The highest BCUT2D eigenvalue weighted by Crippen LogP contribution is 2.11. The quantitative estimate of drug-likeness (QED) is 0.719. The topological polar surface area (TPSA) is 47.0 Å². The third-order valence-corrected chi connectivity index (χ3v) is 2.10. The van der Waals surface area contributed by atoms with Crippen LogP contribution in [0.3, 0.4) is 0 Å². The van der Waals surface area contributed by atoms with Crippen LogP contribution >= 0.6 is 11.6 Å². The first-order valence-electron chi connectivity index (χ1n) is 4.20. The van der Waals surface area contributed by atoms with Gasteiger partial charge in [-0.15, -0.1) is 0 Å². The molecule has 2 heterocycles. The van der Waals surface area contributed by atoms with Crippen molar-refractivity contribution in [2.24, 2.45) is 0 Å². The van der Waals surface area contributed by atoms with Gasteiger partial charge in [-0.25, -0.2) is 4.98 Å². The molecule has 0 bridgehead atoms. The Morgan fingerprint density at radius 3 is 3.23 bits per heavy atom. The molecule has 0 amide bonds. The maximum absolute atomic E-state index is 5.68. The minimum absolute atomic E-state index is 0.179. The Bertz CT molecular complexity index is 288. The van der Waals surface area contributed by atoms with Crippen LogP contribution in [0.4, 0.5) is 0 Å². The minimum atomic E-state index is 0.179. The van der Waals surface area contributed by atoms with Crippen molar-refractivity contribution in [1.82, 2.24) is 15.3 Å². The lowest BCUT2D eigenvalue weighted by Crippen LogP contribution is -2.20. The van der Waals surface area contributed by atoms with E-state index in [4.69, 9.17) is 16.3 Å². The fourth-order valence-electron chi connectivity index (χ4n) is 1.25. The Balaban J connectivity index is 2.00. The molecule has 0 saturated carbocycles. The molecule has 0 aromatic carbocycles. The Hall–Kier alpha value is -0.870. The zero-order valence-electron chi connectivity index (χ0n) is 7.03. The van der Waals surface area contributed by atoms with Crippen molar-refractivity contribution in [1.29, 1.82) is 0 Å². The molecule has 13 heavy (non-hydrogen) atoms. The van der Waals surface area contributed by atoms with Crippen LogP contribution in [-0.2, 0) is 0 Å². The molecular formula is C8H10ClN3O. The fraction of sp³-hybridized carbons (Fsp3) is 0.500. The number of ether oxygens (including phenoxy) is 1. The van der Waals surface area contributed by atoms with E-state index < -0.39 is 0 Å². The minimum Gasteiger partial charge on any atom is -0.459 e. The number of nitrogens with zero attached hydrogens (tertiary/aromatic N) is 2. The molecule has 1 unspecified atom stereocenters. The highest BCUT2D eigenvalue weighted by atomic mass is 35.5. The summed E-state index contributed by atoms with van der Waals surface area (Å²) in [5.74, 6) is 0. The van der Waals surface area contributed by atoms with Gasteiger partial charge in [0.25, 0.3) is 0 Å². The van der Waals surface area contributed by atoms with E-state index in [1.165, 1.54) is 0 Å². The second-order valence-electron chi connectivity index (χ2n) is 2.89. The molecule has 2 rings (SSSR count). The average molecular weight is 200 g/mol. The van der Waals surface area contributed by atoms with Crippen LogP contribution in [-0.4, -0.2) is 29.2 Å². The SMILES string of the molecule is Clc1ccnc(OC2CCNC2)n1. The van der Waals surface area contributed by atoms with E-state index >= 15 is 0 Å². The monoisotopic (exact) mass is 199 g/mol. The van der Waals surface area contributed by atoms with Crippen LogP contribution in [0.25, 0.3) is 0 Å². The largest absolute Gasteiger partial charge is 0.459 e. The third kappa shape index (κ3) is 2.29. The number of halogens is 1. The molecule has 1 saturated heterocycles. The van der Waals surface area contributed by atoms with Gasteiger partial charge in [0.15, 0.2) is 0 Å². The smallest absolute Gasteiger partial charge is 0.318 e. The molecule has 1 aromatic heterocycles. The first-order valence-corrected chi connectivity index (χ1v) is 4.58. The van der Waals surface area contributed by atoms with Crippen molar-refractivity contribution < 1.29 is 4.74 Å². The zero-order chi connectivity index (χ0) is 9.10. The van der Waals surface area contributed by atoms with Gasteiger partial charge in [-0.2, -0.15) is 4.98 Å². The summed E-state index contributed by atoms with van der Waals surface area (Å²) < 4.78 is 5.49. The Labute approximate surface area is 81.3 Å². The van der Waals surface area contributed by atoms with Crippen LogP contribution < -0.4 is 10.1 Å². The van der Waals surface area contributed by atoms with Gasteiger partial charge in [0, 0.05) is 12.7 Å². The Morgan fingerprint density at radius 1 is 1.62 bits per heavy atom. The summed E-state index contributed by atoms with van der Waals surface area (Å²) in [5, 5.41) is 3.61. The predicted molar refractivity (Wildman–Crippen MR) is 48.9 cm³/mol. The van der Waals surface area contributed by atoms with E-state index in [1.54, 1.807) is 12.3 Å². The fourth-order valence-corrected chi connectivity index (χ4v) is 1.38. The van der Waals surface area contributed by atoms with Crippen LogP contribution in [0, 0.1) is 0 Å². The Kier molecular flexibility index (Phi) is 2.61. The van der Waals surface area contributed by atoms with Crippen LogP contribution in [0.1, 0.15) is 6.42 Å². The molecule has 1 aliphatic rings. The summed E-state index contributed by atoms with van der Waals surface area (Å²) in [7, 11) is 0. The second kappa shape index (κ2) is 3.89. The second-order valence-corrected chi connectivity index (χ2v) is 3.28. The van der Waals surface area contributed by atoms with E-state index in [1.807, 2.05) is 0 Å². The van der Waals surface area contributed by atoms with Gasteiger partial charge in [-0.05, 0) is 19.0 Å². The van der Waals surface area contributed by atoms with Crippen LogP contribution in [0.5, 0.6) is 6.01 Å². The molecule has 1 N–H and O–H groups in total. The maximum atomic E-state index is 5.68. The normalized spacial score (nSPS) is 21.8. The maximum Gasteiger partial charge on any atom is 0.318 e. The standard InChI is InChI=1S/C8H10ClN3O/c9-7-2-4-11-8(12-7)13-6-1-3-10-5-6/h2,4,6,10H,1,3,5H2. The van der Waals surface area contributed by atoms with Gasteiger partial charge in [0.05, 0.1) is 0 Å². The van der Waals surface area contributed by atoms with E-state index in [0.29, 0.717) is 11.2 Å². The van der Waals surface area contributed by atoms with Gasteiger partial charge in [-0.1, -0.05) is 11.6 Å². The predicted octanol–water partition coefficient (Wildman–Crippen LogP) is 0.871. The highest BCUT2D eigenvalue weighted by Gasteiger charge is 2.16. The molecule has 0 aliphatic carbocycles. The van der Waals surface area contributed by atoms with Gasteiger partial charge >= 0.3 is 6.01 Å². The lowest BCUT2D eigenvalue weighted by molar-refractivity contribution is 0.204. The molecule has 4 nitrogen and oxygen atoms in total. The van der Waals surface area contributed by atoms with E-state index in [2.05, 4.69) is 15.3 Å². The number of nitrogens with one attached hydrogen (secondary N) is 1. The highest BCUT2D eigenvalue weighted by molar-refractivity contribution is 6.29. The van der Waals surface area contributed by atoms with Crippen molar-refractivity contribution in [3.05, 3.63) is 17.4 Å². The van der Waals surface area contributed by atoms with Gasteiger partial charge in [0.1, 0.15) is 11.3 Å². The first-order chi connectivity index (χ1) is 6.34. The Morgan fingerprint density at radius 2 is 2.54 bits per heavy atom. The van der Waals surface area contributed by atoms with E-state index in [0.717, 1.165) is 19.5 Å².